The topological polar surface area (TPSA) is 58.7 Å². The predicted molar refractivity (Wildman–Crippen MR) is 84.4 cm³/mol. The van der Waals surface area contributed by atoms with E-state index in [4.69, 9.17) is 5.73 Å². The van der Waals surface area contributed by atoms with E-state index in [0.29, 0.717) is 18.2 Å². The Hall–Kier alpha value is -1.06. The van der Waals surface area contributed by atoms with Gasteiger partial charge in [0.1, 0.15) is 5.84 Å². The van der Waals surface area contributed by atoms with Crippen LogP contribution >= 0.6 is 0 Å². The molecule has 0 aliphatic carbocycles. The first-order valence-corrected chi connectivity index (χ1v) is 7.58. The van der Waals surface area contributed by atoms with E-state index in [9.17, 15) is 4.79 Å². The van der Waals surface area contributed by atoms with Gasteiger partial charge in [0.15, 0.2) is 0 Å². The van der Waals surface area contributed by atoms with Gasteiger partial charge in [0.2, 0.25) is 5.91 Å². The van der Waals surface area contributed by atoms with Gasteiger partial charge in [-0.1, -0.05) is 41.5 Å². The Balaban J connectivity index is 0. The Morgan fingerprint density at radius 2 is 1.84 bits per heavy atom. The van der Waals surface area contributed by atoms with Gasteiger partial charge < -0.3 is 10.6 Å². The number of aliphatic imine (C=N–C) groups is 1. The van der Waals surface area contributed by atoms with Crippen molar-refractivity contribution in [3.05, 3.63) is 0 Å². The molecule has 1 fully saturated rings. The zero-order valence-corrected chi connectivity index (χ0v) is 13.9. The maximum absolute atomic E-state index is 11.9. The molecule has 2 N–H and O–H groups in total. The third-order valence-corrected chi connectivity index (χ3v) is 2.76. The lowest BCUT2D eigenvalue weighted by Crippen LogP contribution is -2.44. The van der Waals surface area contributed by atoms with Gasteiger partial charge in [0.25, 0.3) is 0 Å². The molecule has 1 amide bonds. The molecule has 0 spiro atoms. The van der Waals surface area contributed by atoms with Gasteiger partial charge in [0.05, 0.1) is 6.04 Å². The molecule has 4 heteroatoms. The Bertz CT molecular complexity index is 262. The summed E-state index contributed by atoms with van der Waals surface area (Å²) < 4.78 is 0. The average molecular weight is 271 g/mol. The summed E-state index contributed by atoms with van der Waals surface area (Å²) in [7, 11) is 1.68. The van der Waals surface area contributed by atoms with E-state index in [2.05, 4.69) is 18.8 Å². The number of carbonyl (C=O) groups is 1. The van der Waals surface area contributed by atoms with Crippen LogP contribution in [0.15, 0.2) is 4.99 Å². The fraction of sp³-hybridized carbons (Fsp3) is 0.867. The van der Waals surface area contributed by atoms with Crippen LogP contribution in [0.1, 0.15) is 60.8 Å². The lowest BCUT2D eigenvalue weighted by Gasteiger charge is -2.24. The molecular formula is C15H33N3O. The van der Waals surface area contributed by atoms with Gasteiger partial charge in [-0.25, -0.2) is 0 Å². The van der Waals surface area contributed by atoms with E-state index in [0.717, 1.165) is 19.4 Å². The van der Waals surface area contributed by atoms with Crippen molar-refractivity contribution in [2.75, 3.05) is 13.6 Å². The molecule has 1 aliphatic heterocycles. The van der Waals surface area contributed by atoms with E-state index in [1.54, 1.807) is 7.05 Å². The summed E-state index contributed by atoms with van der Waals surface area (Å²) in [5.74, 6) is 1.20. The highest BCUT2D eigenvalue weighted by molar-refractivity contribution is 5.90. The van der Waals surface area contributed by atoms with Gasteiger partial charge in [-0.15, -0.1) is 0 Å². The Labute approximate surface area is 119 Å². The highest BCUT2D eigenvalue weighted by Gasteiger charge is 2.30. The Kier molecular flexibility index (Phi) is 12.8. The van der Waals surface area contributed by atoms with Crippen LogP contribution in [0.25, 0.3) is 0 Å². The number of amidine groups is 1. The number of likely N-dealkylation sites (tertiary alicyclic amines) is 1. The molecule has 114 valence electrons. The standard InChI is InChI=1S/C11H21N3O.2C2H6/c1-8(2)7-10(15)14-6-4-5-9(14)11(12)13-3;2*1-2/h8-9H,4-7H2,1-3H3,(H2,12,13);2*1-2H3/t9-;;/m0../s1. The maximum atomic E-state index is 11.9. The van der Waals surface area contributed by atoms with Crippen molar-refractivity contribution in [2.45, 2.75) is 66.8 Å². The van der Waals surface area contributed by atoms with E-state index in [1.165, 1.54) is 0 Å². The summed E-state index contributed by atoms with van der Waals surface area (Å²) in [5.41, 5.74) is 5.79. The third kappa shape index (κ3) is 7.19. The molecule has 19 heavy (non-hydrogen) atoms. The summed E-state index contributed by atoms with van der Waals surface area (Å²) in [6, 6.07) is 0.0428. The molecule has 1 heterocycles. The Morgan fingerprint density at radius 1 is 1.32 bits per heavy atom. The van der Waals surface area contributed by atoms with Crippen molar-refractivity contribution in [1.29, 1.82) is 0 Å². The van der Waals surface area contributed by atoms with Crippen molar-refractivity contribution in [1.82, 2.24) is 4.90 Å². The predicted octanol–water partition coefficient (Wildman–Crippen LogP) is 3.06. The van der Waals surface area contributed by atoms with Crippen molar-refractivity contribution in [3.8, 4) is 0 Å². The summed E-state index contributed by atoms with van der Waals surface area (Å²) >= 11 is 0. The first-order valence-electron chi connectivity index (χ1n) is 7.58. The molecule has 0 unspecified atom stereocenters. The van der Waals surface area contributed by atoms with Gasteiger partial charge in [0, 0.05) is 20.0 Å². The molecular weight excluding hydrogens is 238 g/mol. The lowest BCUT2D eigenvalue weighted by molar-refractivity contribution is -0.131. The Morgan fingerprint density at radius 3 is 2.26 bits per heavy atom. The van der Waals surface area contributed by atoms with Crippen molar-refractivity contribution >= 4 is 11.7 Å². The minimum atomic E-state index is 0.0428. The number of carbonyl (C=O) groups excluding carboxylic acids is 1. The molecule has 0 aromatic rings. The van der Waals surface area contributed by atoms with Crippen LogP contribution in [0, 0.1) is 5.92 Å². The molecule has 0 aromatic carbocycles. The molecule has 1 saturated heterocycles. The highest BCUT2D eigenvalue weighted by Crippen LogP contribution is 2.19. The zero-order valence-electron chi connectivity index (χ0n) is 13.9. The molecule has 0 bridgehead atoms. The molecule has 0 saturated carbocycles. The molecule has 0 radical (unpaired) electrons. The number of amides is 1. The monoisotopic (exact) mass is 271 g/mol. The number of nitrogens with zero attached hydrogens (tertiary/aromatic N) is 2. The molecule has 1 rings (SSSR count). The van der Waals surface area contributed by atoms with E-state index >= 15 is 0 Å². The van der Waals surface area contributed by atoms with Crippen LogP contribution in [0.4, 0.5) is 0 Å². The molecule has 0 aromatic heterocycles. The highest BCUT2D eigenvalue weighted by atomic mass is 16.2. The van der Waals surface area contributed by atoms with Gasteiger partial charge in [-0.3, -0.25) is 9.79 Å². The van der Waals surface area contributed by atoms with Crippen LogP contribution in [0.5, 0.6) is 0 Å². The normalized spacial score (nSPS) is 18.4. The van der Waals surface area contributed by atoms with Gasteiger partial charge in [-0.05, 0) is 18.8 Å². The molecule has 1 atom stereocenters. The summed E-state index contributed by atoms with van der Waals surface area (Å²) in [6.07, 6.45) is 2.59. The minimum Gasteiger partial charge on any atom is -0.386 e. The first-order chi connectivity index (χ1) is 9.06. The quantitative estimate of drug-likeness (QED) is 0.633. The number of hydrogen-bond acceptors (Lipinski definition) is 2. The van der Waals surface area contributed by atoms with Crippen LogP contribution in [-0.4, -0.2) is 36.3 Å². The minimum absolute atomic E-state index is 0.0428. The van der Waals surface area contributed by atoms with Crippen LogP contribution < -0.4 is 5.73 Å². The van der Waals surface area contributed by atoms with Crippen LogP contribution in [0.3, 0.4) is 0 Å². The van der Waals surface area contributed by atoms with Crippen LogP contribution in [0.2, 0.25) is 0 Å². The summed E-state index contributed by atoms with van der Waals surface area (Å²) in [5, 5.41) is 0. The molecule has 4 nitrogen and oxygen atoms in total. The number of hydrogen-bond donors (Lipinski definition) is 1. The summed E-state index contributed by atoms with van der Waals surface area (Å²) in [4.78, 5) is 17.8. The molecule has 1 aliphatic rings. The van der Waals surface area contributed by atoms with Crippen LogP contribution in [-0.2, 0) is 4.79 Å². The lowest BCUT2D eigenvalue weighted by atomic mass is 10.1. The van der Waals surface area contributed by atoms with E-state index in [-0.39, 0.29) is 11.9 Å². The second kappa shape index (κ2) is 12.0. The number of rotatable bonds is 3. The van der Waals surface area contributed by atoms with E-state index < -0.39 is 0 Å². The first kappa shape index (κ1) is 20.3. The van der Waals surface area contributed by atoms with Crippen molar-refractivity contribution in [2.24, 2.45) is 16.6 Å². The van der Waals surface area contributed by atoms with E-state index in [1.807, 2.05) is 32.6 Å². The zero-order chi connectivity index (χ0) is 15.4. The second-order valence-corrected chi connectivity index (χ2v) is 4.49. The van der Waals surface area contributed by atoms with Gasteiger partial charge in [-0.2, -0.15) is 0 Å². The number of nitrogens with two attached hydrogens (primary N) is 1. The van der Waals surface area contributed by atoms with Crippen molar-refractivity contribution in [3.63, 3.8) is 0 Å². The third-order valence-electron chi connectivity index (χ3n) is 2.76. The fourth-order valence-corrected chi connectivity index (χ4v) is 1.99. The smallest absolute Gasteiger partial charge is 0.223 e. The fourth-order valence-electron chi connectivity index (χ4n) is 1.99. The van der Waals surface area contributed by atoms with Gasteiger partial charge >= 0.3 is 0 Å². The second-order valence-electron chi connectivity index (χ2n) is 4.49. The largest absolute Gasteiger partial charge is 0.386 e. The SMILES string of the molecule is CC.CC.CN=C(N)[C@@H]1CCCN1C(=O)CC(C)C. The van der Waals surface area contributed by atoms with Crippen molar-refractivity contribution < 1.29 is 4.79 Å². The average Bonchev–Trinajstić information content (AvgIpc) is 2.91. The summed E-state index contributed by atoms with van der Waals surface area (Å²) in [6.45, 7) is 12.9. The maximum Gasteiger partial charge on any atom is 0.223 e.